The third kappa shape index (κ3) is 7.06. The van der Waals surface area contributed by atoms with Crippen LogP contribution in [0.25, 0.3) is 0 Å². The van der Waals surface area contributed by atoms with E-state index in [2.05, 4.69) is 19.5 Å². The van der Waals surface area contributed by atoms with Crippen molar-refractivity contribution in [2.45, 2.75) is 37.8 Å². The first-order valence-corrected chi connectivity index (χ1v) is 13.7. The smallest absolute Gasteiger partial charge is 0.333 e. The molecule has 1 aliphatic rings. The molecule has 1 fully saturated rings. The summed E-state index contributed by atoms with van der Waals surface area (Å²) < 4.78 is 26.7. The summed E-state index contributed by atoms with van der Waals surface area (Å²) >= 11 is 7.42. The average Bonchev–Trinajstić information content (AvgIpc) is 3.42. The fourth-order valence-corrected chi connectivity index (χ4v) is 5.60. The number of aliphatic hydroxyl groups excluding tert-OH is 1. The molecule has 4 N–H and O–H groups in total. The summed E-state index contributed by atoms with van der Waals surface area (Å²) in [6.07, 6.45) is 4.42. The molecule has 2 heterocycles. The molecule has 0 saturated heterocycles. The number of halogens is 1. The number of anilines is 1. The van der Waals surface area contributed by atoms with Gasteiger partial charge in [-0.25, -0.2) is 15.1 Å². The van der Waals surface area contributed by atoms with Crippen molar-refractivity contribution in [1.29, 1.82) is 0 Å². The van der Waals surface area contributed by atoms with Crippen LogP contribution in [-0.2, 0) is 27.3 Å². The number of rotatable bonds is 10. The highest BCUT2D eigenvalue weighted by atomic mass is 35.5. The van der Waals surface area contributed by atoms with E-state index in [1.54, 1.807) is 0 Å². The number of nitrogens with one attached hydrogen (secondary N) is 1. The monoisotopic (exact) mass is 536 g/mol. The number of hydrogen-bond acceptors (Lipinski definition) is 9. The second-order valence-electron chi connectivity index (χ2n) is 8.48. The van der Waals surface area contributed by atoms with Crippen LogP contribution in [0.3, 0.4) is 0 Å². The molecule has 1 saturated carbocycles. The van der Waals surface area contributed by atoms with Crippen LogP contribution in [0.4, 0.5) is 5.82 Å². The molecule has 0 bridgehead atoms. The van der Waals surface area contributed by atoms with Gasteiger partial charge in [-0.15, -0.1) is 11.3 Å². The molecule has 0 radical (unpaired) electrons. The van der Waals surface area contributed by atoms with Crippen molar-refractivity contribution in [3.05, 3.63) is 74.8 Å². The Morgan fingerprint density at radius 3 is 2.83 bits per heavy atom. The molecule has 2 aromatic heterocycles. The molecule has 0 amide bonds. The van der Waals surface area contributed by atoms with Crippen LogP contribution in [0.5, 0.6) is 0 Å². The maximum atomic E-state index is 13.2. The van der Waals surface area contributed by atoms with Crippen LogP contribution >= 0.6 is 22.9 Å². The van der Waals surface area contributed by atoms with Crippen LogP contribution in [0, 0.1) is 5.92 Å². The lowest BCUT2D eigenvalue weighted by atomic mass is 10.1. The van der Waals surface area contributed by atoms with Gasteiger partial charge in [-0.3, -0.25) is 8.98 Å². The number of hydrogen-bond donors (Lipinski definition) is 3. The van der Waals surface area contributed by atoms with Crippen LogP contribution < -0.4 is 10.5 Å². The van der Waals surface area contributed by atoms with Gasteiger partial charge in [-0.2, -0.15) is 8.42 Å². The van der Waals surface area contributed by atoms with Crippen LogP contribution in [0.1, 0.15) is 39.2 Å². The molecule has 1 aliphatic carbocycles. The second kappa shape index (κ2) is 11.1. The van der Waals surface area contributed by atoms with Gasteiger partial charge in [0.1, 0.15) is 12.1 Å². The Kier molecular flexibility index (Phi) is 8.15. The average molecular weight is 537 g/mol. The van der Waals surface area contributed by atoms with Crippen molar-refractivity contribution in [2.75, 3.05) is 11.9 Å². The fraction of sp³-hybridized carbons (Fsp3) is 0.348. The Balaban J connectivity index is 1.40. The highest BCUT2D eigenvalue weighted by molar-refractivity contribution is 7.84. The third-order valence-corrected chi connectivity index (χ3v) is 7.55. The lowest BCUT2D eigenvalue weighted by molar-refractivity contribution is 0.101. The van der Waals surface area contributed by atoms with E-state index in [1.807, 2.05) is 35.7 Å². The standard InChI is InChI=1S/C23H25ClN4O5S2/c24-17-3-1-2-14(6-17)4-5-15-7-21(34-12-15)22(30)19-10-26-13-27-23(19)28-18-8-16(20(29)9-18)11-33-35(25,31)32/h1-3,6-7,10,12-13,16,18,20,29H,4-5,8-9,11H2,(H2,25,31,32)(H,26,27,28)/t16-,18-,20+/m1/s1. The van der Waals surface area contributed by atoms with Gasteiger partial charge in [0.05, 0.1) is 23.2 Å². The summed E-state index contributed by atoms with van der Waals surface area (Å²) in [6, 6.07) is 9.37. The number of carbonyl (C=O) groups is 1. The molecule has 1 aromatic carbocycles. The second-order valence-corrected chi connectivity index (χ2v) is 11.0. The number of benzene rings is 1. The van der Waals surface area contributed by atoms with E-state index in [9.17, 15) is 18.3 Å². The number of aryl methyl sites for hydroxylation is 2. The molecule has 4 rings (SSSR count). The molecule has 12 heteroatoms. The van der Waals surface area contributed by atoms with Gasteiger partial charge in [-0.05, 0) is 60.4 Å². The third-order valence-electron chi connectivity index (χ3n) is 5.87. The molecular weight excluding hydrogens is 512 g/mol. The van der Waals surface area contributed by atoms with Gasteiger partial charge in [0.15, 0.2) is 0 Å². The zero-order chi connectivity index (χ0) is 25.0. The number of thiophene rings is 1. The summed E-state index contributed by atoms with van der Waals surface area (Å²) in [4.78, 5) is 22.1. The van der Waals surface area contributed by atoms with E-state index < -0.39 is 22.3 Å². The lowest BCUT2D eigenvalue weighted by Crippen LogP contribution is -2.24. The highest BCUT2D eigenvalue weighted by Gasteiger charge is 2.34. The Bertz CT molecular complexity index is 1300. The molecule has 9 nitrogen and oxygen atoms in total. The Morgan fingerprint density at radius 1 is 1.26 bits per heavy atom. The molecule has 3 aromatic rings. The number of nitrogens with two attached hydrogens (primary N) is 1. The molecular formula is C23H25ClN4O5S2. The fourth-order valence-electron chi connectivity index (χ4n) is 4.13. The zero-order valence-corrected chi connectivity index (χ0v) is 21.0. The van der Waals surface area contributed by atoms with Crippen LogP contribution in [0.15, 0.2) is 48.2 Å². The highest BCUT2D eigenvalue weighted by Crippen LogP contribution is 2.30. The van der Waals surface area contributed by atoms with Crippen molar-refractivity contribution < 1.29 is 22.5 Å². The SMILES string of the molecule is NS(=O)(=O)OC[C@H]1C[C@@H](Nc2ncncc2C(=O)c2cc(CCc3cccc(Cl)c3)cs2)C[C@@H]1O. The van der Waals surface area contributed by atoms with E-state index in [1.165, 1.54) is 23.9 Å². The number of aromatic nitrogens is 2. The van der Waals surface area contributed by atoms with E-state index in [4.69, 9.17) is 16.7 Å². The normalized spacial score (nSPS) is 20.1. The van der Waals surface area contributed by atoms with Crippen molar-refractivity contribution >= 4 is 44.8 Å². The van der Waals surface area contributed by atoms with Gasteiger partial charge >= 0.3 is 10.3 Å². The number of carbonyl (C=O) groups excluding carboxylic acids is 1. The Labute approximate surface area is 212 Å². The number of ketones is 1. The number of aliphatic hydroxyl groups is 1. The minimum atomic E-state index is -4.08. The lowest BCUT2D eigenvalue weighted by Gasteiger charge is -2.15. The Morgan fingerprint density at radius 2 is 2.06 bits per heavy atom. The minimum absolute atomic E-state index is 0.195. The predicted octanol–water partition coefficient (Wildman–Crippen LogP) is 2.98. The van der Waals surface area contributed by atoms with E-state index in [0.717, 1.165) is 24.0 Å². The summed E-state index contributed by atoms with van der Waals surface area (Å²) in [5.74, 6) is -0.241. The van der Waals surface area contributed by atoms with Crippen LogP contribution in [-0.4, -0.2) is 48.0 Å². The van der Waals surface area contributed by atoms with Gasteiger partial charge in [0.2, 0.25) is 5.78 Å². The molecule has 0 spiro atoms. The summed E-state index contributed by atoms with van der Waals surface area (Å²) in [5.41, 5.74) is 2.52. The first-order chi connectivity index (χ1) is 16.7. The van der Waals surface area contributed by atoms with Gasteiger partial charge < -0.3 is 10.4 Å². The maximum Gasteiger partial charge on any atom is 0.333 e. The zero-order valence-electron chi connectivity index (χ0n) is 18.6. The molecule has 35 heavy (non-hydrogen) atoms. The molecule has 0 unspecified atom stereocenters. The van der Waals surface area contributed by atoms with Crippen molar-refractivity contribution in [1.82, 2.24) is 9.97 Å². The van der Waals surface area contributed by atoms with Gasteiger partial charge in [0, 0.05) is 23.2 Å². The van der Waals surface area contributed by atoms with Crippen LogP contribution in [0.2, 0.25) is 5.02 Å². The van der Waals surface area contributed by atoms with Gasteiger partial charge in [0.25, 0.3) is 0 Å². The minimum Gasteiger partial charge on any atom is -0.393 e. The van der Waals surface area contributed by atoms with E-state index in [-0.39, 0.29) is 18.4 Å². The topological polar surface area (TPSA) is 144 Å². The van der Waals surface area contributed by atoms with E-state index >= 15 is 0 Å². The molecule has 0 aliphatic heterocycles. The summed E-state index contributed by atoms with van der Waals surface area (Å²) in [6.45, 7) is -0.207. The first-order valence-electron chi connectivity index (χ1n) is 11.0. The Hall–Kier alpha value is -2.41. The maximum absolute atomic E-state index is 13.2. The quantitative estimate of drug-likeness (QED) is 0.335. The van der Waals surface area contributed by atoms with Crippen molar-refractivity contribution in [2.24, 2.45) is 11.1 Å². The van der Waals surface area contributed by atoms with E-state index in [0.29, 0.717) is 34.1 Å². The van der Waals surface area contributed by atoms with Gasteiger partial charge in [-0.1, -0.05) is 23.7 Å². The predicted molar refractivity (Wildman–Crippen MR) is 134 cm³/mol. The largest absolute Gasteiger partial charge is 0.393 e. The first kappa shape index (κ1) is 25.7. The molecule has 186 valence electrons. The number of nitrogens with zero attached hydrogens (tertiary/aromatic N) is 2. The van der Waals surface area contributed by atoms with Crippen molar-refractivity contribution in [3.8, 4) is 0 Å². The van der Waals surface area contributed by atoms with Crippen molar-refractivity contribution in [3.63, 3.8) is 0 Å². The molecule has 3 atom stereocenters. The summed E-state index contributed by atoms with van der Waals surface area (Å²) in [5, 5.41) is 21.0. The summed E-state index contributed by atoms with van der Waals surface area (Å²) in [7, 11) is -4.08.